The van der Waals surface area contributed by atoms with Crippen molar-refractivity contribution >= 4 is 16.9 Å². The zero-order valence-electron chi connectivity index (χ0n) is 23.4. The Bertz CT molecular complexity index is 1540. The molecule has 0 fully saturated rings. The number of nitrogens with one attached hydrogen (secondary N) is 1. The summed E-state index contributed by atoms with van der Waals surface area (Å²) in [6, 6.07) is 33.1. The molecule has 1 aromatic heterocycles. The Morgan fingerprint density at radius 2 is 1.52 bits per heavy atom. The number of hydrogen-bond acceptors (Lipinski definition) is 3. The summed E-state index contributed by atoms with van der Waals surface area (Å²) in [5.74, 6) is 1.97. The Hall–Kier alpha value is -4.38. The SMILES string of the molecule is Cc1cc(C)cc(OCCCCn2c(CCNC(=O)Cc3ccc(-c4ccccc4)cc3)nc3ccccc32)c1. The molecule has 0 radical (unpaired) electrons. The lowest BCUT2D eigenvalue weighted by atomic mass is 10.0. The Morgan fingerprint density at radius 3 is 2.30 bits per heavy atom. The molecule has 0 aliphatic heterocycles. The summed E-state index contributed by atoms with van der Waals surface area (Å²) >= 11 is 0. The lowest BCUT2D eigenvalue weighted by molar-refractivity contribution is -0.120. The number of fused-ring (bicyclic) bond motifs is 1. The largest absolute Gasteiger partial charge is 0.494 e. The monoisotopic (exact) mass is 531 g/mol. The number of amides is 1. The van der Waals surface area contributed by atoms with Gasteiger partial charge in [-0.15, -0.1) is 0 Å². The van der Waals surface area contributed by atoms with Gasteiger partial charge in [0.2, 0.25) is 5.91 Å². The van der Waals surface area contributed by atoms with Gasteiger partial charge in [-0.05, 0) is 78.8 Å². The summed E-state index contributed by atoms with van der Waals surface area (Å²) in [7, 11) is 0. The molecule has 1 N–H and O–H groups in total. The van der Waals surface area contributed by atoms with Crippen LogP contribution in [0.1, 0.15) is 35.4 Å². The number of carbonyl (C=O) groups is 1. The quantitative estimate of drug-likeness (QED) is 0.175. The summed E-state index contributed by atoms with van der Waals surface area (Å²) < 4.78 is 8.29. The van der Waals surface area contributed by atoms with Crippen molar-refractivity contribution in [2.45, 2.75) is 46.1 Å². The maximum atomic E-state index is 12.7. The van der Waals surface area contributed by atoms with E-state index in [1.165, 1.54) is 16.7 Å². The first-order valence-corrected chi connectivity index (χ1v) is 14.1. The third-order valence-corrected chi connectivity index (χ3v) is 7.07. The van der Waals surface area contributed by atoms with Crippen molar-refractivity contribution in [3.63, 3.8) is 0 Å². The van der Waals surface area contributed by atoms with E-state index < -0.39 is 0 Å². The molecule has 4 aromatic carbocycles. The third kappa shape index (κ3) is 7.17. The van der Waals surface area contributed by atoms with E-state index in [1.807, 2.05) is 36.4 Å². The van der Waals surface area contributed by atoms with Gasteiger partial charge in [-0.1, -0.05) is 72.8 Å². The maximum Gasteiger partial charge on any atom is 0.224 e. The standard InChI is InChI=1S/C35H37N3O2/c1-26-22-27(2)24-31(23-26)40-21-9-8-20-38-33-13-7-6-12-32(33)37-34(38)18-19-36-35(39)25-28-14-16-30(17-15-28)29-10-4-3-5-11-29/h3-7,10-17,22-24H,8-9,18-21,25H2,1-2H3,(H,36,39). The van der Waals surface area contributed by atoms with Gasteiger partial charge in [0.25, 0.3) is 0 Å². The third-order valence-electron chi connectivity index (χ3n) is 7.07. The Morgan fingerprint density at radius 1 is 0.825 bits per heavy atom. The highest BCUT2D eigenvalue weighted by atomic mass is 16.5. The van der Waals surface area contributed by atoms with Crippen molar-refractivity contribution in [3.8, 4) is 16.9 Å². The second-order valence-corrected chi connectivity index (χ2v) is 10.4. The maximum absolute atomic E-state index is 12.7. The topological polar surface area (TPSA) is 56.1 Å². The van der Waals surface area contributed by atoms with Crippen molar-refractivity contribution < 1.29 is 9.53 Å². The smallest absolute Gasteiger partial charge is 0.224 e. The van der Waals surface area contributed by atoms with E-state index in [0.717, 1.165) is 53.1 Å². The fraction of sp³-hybridized carbons (Fsp3) is 0.257. The predicted molar refractivity (Wildman–Crippen MR) is 163 cm³/mol. The Kier molecular flexibility index (Phi) is 8.92. The fourth-order valence-corrected chi connectivity index (χ4v) is 5.15. The highest BCUT2D eigenvalue weighted by Gasteiger charge is 2.11. The van der Waals surface area contributed by atoms with Crippen LogP contribution in [0.3, 0.4) is 0 Å². The highest BCUT2D eigenvalue weighted by Crippen LogP contribution is 2.20. The summed E-state index contributed by atoms with van der Waals surface area (Å²) in [6.07, 6.45) is 3.00. The molecule has 0 unspecified atom stereocenters. The summed E-state index contributed by atoms with van der Waals surface area (Å²) in [5.41, 5.74) is 7.91. The molecular weight excluding hydrogens is 494 g/mol. The first-order chi connectivity index (χ1) is 19.5. The van der Waals surface area contributed by atoms with Crippen molar-refractivity contribution in [2.24, 2.45) is 0 Å². The number of carbonyl (C=O) groups excluding carboxylic acids is 1. The van der Waals surface area contributed by atoms with Crippen LogP contribution in [0.25, 0.3) is 22.2 Å². The summed E-state index contributed by atoms with van der Waals surface area (Å²) in [4.78, 5) is 17.5. The molecule has 0 saturated heterocycles. The molecule has 5 heteroatoms. The van der Waals surface area contributed by atoms with Gasteiger partial charge in [0.1, 0.15) is 11.6 Å². The molecule has 1 amide bonds. The second-order valence-electron chi connectivity index (χ2n) is 10.4. The minimum atomic E-state index is 0.0265. The molecule has 0 spiro atoms. The number of imidazole rings is 1. The van der Waals surface area contributed by atoms with Crippen LogP contribution in [0.4, 0.5) is 0 Å². The van der Waals surface area contributed by atoms with Gasteiger partial charge >= 0.3 is 0 Å². The number of rotatable bonds is 12. The van der Waals surface area contributed by atoms with E-state index in [0.29, 0.717) is 26.0 Å². The fourth-order valence-electron chi connectivity index (χ4n) is 5.15. The molecule has 40 heavy (non-hydrogen) atoms. The number of unbranched alkanes of at least 4 members (excludes halogenated alkanes) is 1. The Labute approximate surface area is 236 Å². The van der Waals surface area contributed by atoms with Crippen molar-refractivity contribution in [2.75, 3.05) is 13.2 Å². The van der Waals surface area contributed by atoms with Gasteiger partial charge < -0.3 is 14.6 Å². The van der Waals surface area contributed by atoms with Crippen LogP contribution in [0.2, 0.25) is 0 Å². The molecule has 5 aromatic rings. The normalized spacial score (nSPS) is 11.1. The number of benzene rings is 4. The van der Waals surface area contributed by atoms with Crippen LogP contribution in [0.5, 0.6) is 5.75 Å². The van der Waals surface area contributed by atoms with E-state index in [1.54, 1.807) is 0 Å². The molecule has 0 saturated carbocycles. The molecule has 204 valence electrons. The first-order valence-electron chi connectivity index (χ1n) is 14.1. The number of hydrogen-bond donors (Lipinski definition) is 1. The number of para-hydroxylation sites is 2. The van der Waals surface area contributed by atoms with E-state index in [9.17, 15) is 4.79 Å². The molecule has 0 atom stereocenters. The summed E-state index contributed by atoms with van der Waals surface area (Å²) in [5, 5.41) is 3.09. The van der Waals surface area contributed by atoms with Gasteiger partial charge in [-0.2, -0.15) is 0 Å². The zero-order chi connectivity index (χ0) is 27.7. The molecule has 0 aliphatic carbocycles. The lowest BCUT2D eigenvalue weighted by Crippen LogP contribution is -2.28. The van der Waals surface area contributed by atoms with Gasteiger partial charge in [0.05, 0.1) is 24.1 Å². The van der Waals surface area contributed by atoms with Gasteiger partial charge in [0, 0.05) is 19.5 Å². The van der Waals surface area contributed by atoms with Crippen LogP contribution in [-0.4, -0.2) is 28.6 Å². The molecule has 0 aliphatic rings. The molecule has 5 rings (SSSR count). The van der Waals surface area contributed by atoms with Crippen LogP contribution in [-0.2, 0) is 24.2 Å². The second kappa shape index (κ2) is 13.1. The highest BCUT2D eigenvalue weighted by molar-refractivity contribution is 5.79. The predicted octanol–water partition coefficient (Wildman–Crippen LogP) is 7.08. The minimum absolute atomic E-state index is 0.0265. The first kappa shape index (κ1) is 27.2. The molecule has 5 nitrogen and oxygen atoms in total. The summed E-state index contributed by atoms with van der Waals surface area (Å²) in [6.45, 7) is 6.30. The molecule has 1 heterocycles. The van der Waals surface area contributed by atoms with Crippen molar-refractivity contribution in [1.29, 1.82) is 0 Å². The van der Waals surface area contributed by atoms with Gasteiger partial charge in [-0.3, -0.25) is 4.79 Å². The van der Waals surface area contributed by atoms with E-state index in [4.69, 9.17) is 9.72 Å². The van der Waals surface area contributed by atoms with Gasteiger partial charge in [0.15, 0.2) is 0 Å². The Balaban J connectivity index is 1.12. The van der Waals surface area contributed by atoms with Crippen LogP contribution < -0.4 is 10.1 Å². The van der Waals surface area contributed by atoms with Crippen LogP contribution in [0.15, 0.2) is 97.1 Å². The average molecular weight is 532 g/mol. The van der Waals surface area contributed by atoms with Gasteiger partial charge in [-0.25, -0.2) is 4.98 Å². The number of aromatic nitrogens is 2. The van der Waals surface area contributed by atoms with E-state index in [-0.39, 0.29) is 5.91 Å². The number of nitrogens with zero attached hydrogens (tertiary/aromatic N) is 2. The van der Waals surface area contributed by atoms with Crippen LogP contribution >= 0.6 is 0 Å². The lowest BCUT2D eigenvalue weighted by Gasteiger charge is -2.11. The number of aryl methyl sites for hydroxylation is 3. The van der Waals surface area contributed by atoms with E-state index >= 15 is 0 Å². The molecule has 0 bridgehead atoms. The van der Waals surface area contributed by atoms with E-state index in [2.05, 4.69) is 84.4 Å². The number of ether oxygens (including phenoxy) is 1. The van der Waals surface area contributed by atoms with Crippen molar-refractivity contribution in [3.05, 3.63) is 120 Å². The van der Waals surface area contributed by atoms with Crippen LogP contribution in [0, 0.1) is 13.8 Å². The zero-order valence-corrected chi connectivity index (χ0v) is 23.4. The van der Waals surface area contributed by atoms with Crippen molar-refractivity contribution in [1.82, 2.24) is 14.9 Å². The molecular formula is C35H37N3O2. The minimum Gasteiger partial charge on any atom is -0.494 e. The average Bonchev–Trinajstić information content (AvgIpc) is 3.30.